The van der Waals surface area contributed by atoms with Crippen LogP contribution in [0.4, 0.5) is 0 Å². The Morgan fingerprint density at radius 2 is 1.79 bits per heavy atom. The second-order valence-electron chi connectivity index (χ2n) is 9.79. The van der Waals surface area contributed by atoms with Gasteiger partial charge in [0.1, 0.15) is 0 Å². The average Bonchev–Trinajstić information content (AvgIpc) is 2.68. The summed E-state index contributed by atoms with van der Waals surface area (Å²) in [5.41, 5.74) is 1.45. The summed E-state index contributed by atoms with van der Waals surface area (Å²) in [5, 5.41) is 10.6. The molecule has 2 aliphatic rings. The minimum atomic E-state index is -0.365. The van der Waals surface area contributed by atoms with Crippen LogP contribution in [0, 0.1) is 23.7 Å². The average molecular weight is 388 g/mol. The highest BCUT2D eigenvalue weighted by atomic mass is 16.5. The van der Waals surface area contributed by atoms with Crippen molar-refractivity contribution in [1.82, 2.24) is 4.90 Å². The summed E-state index contributed by atoms with van der Waals surface area (Å²) >= 11 is 0. The fourth-order valence-electron chi connectivity index (χ4n) is 5.21. The summed E-state index contributed by atoms with van der Waals surface area (Å²) in [7, 11) is 0. The van der Waals surface area contributed by atoms with Crippen LogP contribution in [0.3, 0.4) is 0 Å². The maximum atomic E-state index is 10.6. The molecule has 158 valence electrons. The van der Waals surface area contributed by atoms with Gasteiger partial charge in [-0.2, -0.15) is 0 Å². The minimum Gasteiger partial charge on any atom is -0.389 e. The van der Waals surface area contributed by atoms with Crippen molar-refractivity contribution in [2.24, 2.45) is 23.7 Å². The minimum absolute atomic E-state index is 0.329. The lowest BCUT2D eigenvalue weighted by molar-refractivity contribution is -0.0749. The van der Waals surface area contributed by atoms with E-state index in [4.69, 9.17) is 4.74 Å². The summed E-state index contributed by atoms with van der Waals surface area (Å²) < 4.78 is 6.25. The third kappa shape index (κ3) is 6.57. The molecule has 1 saturated carbocycles. The summed E-state index contributed by atoms with van der Waals surface area (Å²) in [6.07, 6.45) is 7.37. The topological polar surface area (TPSA) is 32.7 Å². The number of nitrogens with zero attached hydrogens (tertiary/aromatic N) is 1. The quantitative estimate of drug-likeness (QED) is 0.697. The van der Waals surface area contributed by atoms with E-state index in [2.05, 4.69) is 56.0 Å². The van der Waals surface area contributed by atoms with Gasteiger partial charge in [0.15, 0.2) is 0 Å². The van der Waals surface area contributed by atoms with Crippen molar-refractivity contribution in [1.29, 1.82) is 0 Å². The number of likely N-dealkylation sites (tertiary alicyclic amines) is 1. The predicted molar refractivity (Wildman–Crippen MR) is 116 cm³/mol. The number of aliphatic hydroxyl groups excluding tert-OH is 1. The Morgan fingerprint density at radius 1 is 1.07 bits per heavy atom. The van der Waals surface area contributed by atoms with Gasteiger partial charge in [-0.25, -0.2) is 0 Å². The number of ether oxygens (including phenoxy) is 1. The second-order valence-corrected chi connectivity index (χ2v) is 9.79. The Kier molecular flexibility index (Phi) is 8.37. The molecule has 3 rings (SSSR count). The van der Waals surface area contributed by atoms with Gasteiger partial charge < -0.3 is 14.7 Å². The van der Waals surface area contributed by atoms with Crippen molar-refractivity contribution in [3.63, 3.8) is 0 Å². The molecule has 3 heteroatoms. The molecule has 0 radical (unpaired) electrons. The van der Waals surface area contributed by atoms with Crippen LogP contribution in [-0.4, -0.2) is 48.5 Å². The Bertz CT molecular complexity index is 553. The Hall–Kier alpha value is -0.900. The third-order valence-electron chi connectivity index (χ3n) is 7.01. The molecule has 3 nitrogen and oxygen atoms in total. The zero-order chi connectivity index (χ0) is 19.9. The molecule has 1 aromatic rings. The monoisotopic (exact) mass is 387 g/mol. The van der Waals surface area contributed by atoms with Crippen LogP contribution in [-0.2, 0) is 11.2 Å². The maximum absolute atomic E-state index is 10.6. The molecule has 1 aliphatic carbocycles. The molecule has 4 atom stereocenters. The van der Waals surface area contributed by atoms with E-state index in [1.807, 2.05) is 0 Å². The molecule has 1 saturated heterocycles. The van der Waals surface area contributed by atoms with E-state index >= 15 is 0 Å². The number of hydrogen-bond acceptors (Lipinski definition) is 3. The molecule has 4 unspecified atom stereocenters. The normalized spacial score (nSPS) is 28.5. The molecule has 2 fully saturated rings. The van der Waals surface area contributed by atoms with E-state index in [1.54, 1.807) is 0 Å². The lowest BCUT2D eigenvalue weighted by Crippen LogP contribution is -2.42. The van der Waals surface area contributed by atoms with Crippen LogP contribution in [0.2, 0.25) is 0 Å². The third-order valence-corrected chi connectivity index (χ3v) is 7.01. The summed E-state index contributed by atoms with van der Waals surface area (Å²) in [4.78, 5) is 2.43. The van der Waals surface area contributed by atoms with E-state index < -0.39 is 0 Å². The first kappa shape index (κ1) is 21.8. The van der Waals surface area contributed by atoms with Crippen molar-refractivity contribution >= 4 is 0 Å². The summed E-state index contributed by atoms with van der Waals surface area (Å²) in [6.45, 7) is 10.4. The number of β-amino-alcohol motifs (C(OH)–C–C–N with tert-alkyl or cyclic N) is 1. The lowest BCUT2D eigenvalue weighted by atomic mass is 9.75. The number of benzene rings is 1. The predicted octanol–water partition coefficient (Wildman–Crippen LogP) is 4.78. The molecule has 0 bridgehead atoms. The summed E-state index contributed by atoms with van der Waals surface area (Å²) in [5.74, 6) is 2.85. The highest BCUT2D eigenvalue weighted by Crippen LogP contribution is 2.35. The van der Waals surface area contributed by atoms with Gasteiger partial charge in [-0.1, -0.05) is 57.5 Å². The highest BCUT2D eigenvalue weighted by Gasteiger charge is 2.32. The van der Waals surface area contributed by atoms with Gasteiger partial charge >= 0.3 is 0 Å². The molecule has 0 spiro atoms. The van der Waals surface area contributed by atoms with Crippen LogP contribution in [0.1, 0.15) is 58.4 Å². The van der Waals surface area contributed by atoms with Crippen LogP contribution in [0.5, 0.6) is 0 Å². The Balaban J connectivity index is 1.36. The number of rotatable bonds is 8. The number of hydrogen-bond donors (Lipinski definition) is 1. The van der Waals surface area contributed by atoms with E-state index in [-0.39, 0.29) is 6.10 Å². The van der Waals surface area contributed by atoms with Gasteiger partial charge in [0, 0.05) is 6.54 Å². The summed E-state index contributed by atoms with van der Waals surface area (Å²) in [6, 6.07) is 10.8. The van der Waals surface area contributed by atoms with Crippen LogP contribution >= 0.6 is 0 Å². The fourth-order valence-corrected chi connectivity index (χ4v) is 5.21. The zero-order valence-corrected chi connectivity index (χ0v) is 18.2. The molecule has 28 heavy (non-hydrogen) atoms. The fraction of sp³-hybridized carbons (Fsp3) is 0.760. The number of piperidine rings is 1. The zero-order valence-electron chi connectivity index (χ0n) is 18.2. The first-order valence-electron chi connectivity index (χ1n) is 11.6. The first-order valence-corrected chi connectivity index (χ1v) is 11.6. The van der Waals surface area contributed by atoms with E-state index in [0.717, 1.165) is 37.9 Å². The SMILES string of the molecule is CC1CCC(C(C)C)C(OCC(O)CN2CCC(Cc3ccccc3)CC2)C1. The highest BCUT2D eigenvalue weighted by molar-refractivity contribution is 5.15. The van der Waals surface area contributed by atoms with Gasteiger partial charge in [-0.15, -0.1) is 0 Å². The molecule has 1 N–H and O–H groups in total. The standard InChI is InChI=1S/C25H41NO2/c1-19(2)24-10-9-20(3)15-25(24)28-18-23(27)17-26-13-11-22(12-14-26)16-21-7-5-4-6-8-21/h4-8,19-20,22-25,27H,9-18H2,1-3H3. The van der Waals surface area contributed by atoms with Gasteiger partial charge in [-0.3, -0.25) is 0 Å². The van der Waals surface area contributed by atoms with Crippen molar-refractivity contribution in [2.45, 2.75) is 71.5 Å². The largest absolute Gasteiger partial charge is 0.389 e. The number of aliphatic hydroxyl groups is 1. The van der Waals surface area contributed by atoms with Crippen LogP contribution < -0.4 is 0 Å². The lowest BCUT2D eigenvalue weighted by Gasteiger charge is -2.38. The van der Waals surface area contributed by atoms with Crippen LogP contribution in [0.15, 0.2) is 30.3 Å². The van der Waals surface area contributed by atoms with E-state index in [0.29, 0.717) is 24.5 Å². The smallest absolute Gasteiger partial charge is 0.0900 e. The molecule has 1 heterocycles. The second kappa shape index (κ2) is 10.8. The molecule has 1 aliphatic heterocycles. The molecule has 1 aromatic carbocycles. The van der Waals surface area contributed by atoms with Gasteiger partial charge in [-0.05, 0) is 74.4 Å². The molecular weight excluding hydrogens is 346 g/mol. The van der Waals surface area contributed by atoms with Gasteiger partial charge in [0.05, 0.1) is 18.8 Å². The molecular formula is C25H41NO2. The van der Waals surface area contributed by atoms with Gasteiger partial charge in [0.25, 0.3) is 0 Å². The Labute approximate surface area is 172 Å². The Morgan fingerprint density at radius 3 is 2.46 bits per heavy atom. The molecule has 0 amide bonds. The van der Waals surface area contributed by atoms with E-state index in [9.17, 15) is 5.11 Å². The van der Waals surface area contributed by atoms with Crippen molar-refractivity contribution < 1.29 is 9.84 Å². The molecule has 0 aromatic heterocycles. The van der Waals surface area contributed by atoms with E-state index in [1.165, 1.54) is 37.7 Å². The van der Waals surface area contributed by atoms with Gasteiger partial charge in [0.2, 0.25) is 0 Å². The maximum Gasteiger partial charge on any atom is 0.0900 e. The van der Waals surface area contributed by atoms with Crippen molar-refractivity contribution in [3.8, 4) is 0 Å². The first-order chi connectivity index (χ1) is 13.5. The van der Waals surface area contributed by atoms with Crippen LogP contribution in [0.25, 0.3) is 0 Å². The van der Waals surface area contributed by atoms with Crippen molar-refractivity contribution in [2.75, 3.05) is 26.2 Å². The van der Waals surface area contributed by atoms with Crippen molar-refractivity contribution in [3.05, 3.63) is 35.9 Å².